The van der Waals surface area contributed by atoms with Crippen molar-refractivity contribution >= 4 is 29.3 Å². The van der Waals surface area contributed by atoms with Gasteiger partial charge in [0.2, 0.25) is 0 Å². The Hall–Kier alpha value is -2.51. The van der Waals surface area contributed by atoms with E-state index in [0.29, 0.717) is 28.3 Å². The zero-order valence-electron chi connectivity index (χ0n) is 14.6. The highest BCUT2D eigenvalue weighted by Gasteiger charge is 2.15. The number of aromatic nitrogens is 3. The minimum Gasteiger partial charge on any atom is -0.486 e. The third kappa shape index (κ3) is 5.24. The van der Waals surface area contributed by atoms with Crippen LogP contribution in [0, 0.1) is 6.92 Å². The van der Waals surface area contributed by atoms with Crippen LogP contribution in [0.4, 0.5) is 0 Å². The number of rotatable bonds is 8. The summed E-state index contributed by atoms with van der Waals surface area (Å²) in [6, 6.07) is 15.3. The Kier molecular flexibility index (Phi) is 6.36. The molecular weight excluding hydrogens is 386 g/mol. The number of benzene rings is 2. The molecule has 1 heterocycles. The second kappa shape index (κ2) is 8.92. The number of aryl methyl sites for hydroxylation is 1. The first-order valence-electron chi connectivity index (χ1n) is 8.22. The number of carboxylic acids is 1. The summed E-state index contributed by atoms with van der Waals surface area (Å²) < 4.78 is 7.72. The smallest absolute Gasteiger partial charge is 0.313 e. The van der Waals surface area contributed by atoms with E-state index in [-0.39, 0.29) is 12.4 Å². The quantitative estimate of drug-likeness (QED) is 0.572. The minimum absolute atomic E-state index is 0.0792. The van der Waals surface area contributed by atoms with Crippen LogP contribution in [-0.4, -0.2) is 31.6 Å². The van der Waals surface area contributed by atoms with Gasteiger partial charge in [0.1, 0.15) is 12.4 Å². The van der Waals surface area contributed by atoms with E-state index in [4.69, 9.17) is 21.4 Å². The zero-order chi connectivity index (χ0) is 19.2. The summed E-state index contributed by atoms with van der Waals surface area (Å²) in [5.74, 6) is 0.332. The van der Waals surface area contributed by atoms with Gasteiger partial charge < -0.3 is 9.84 Å². The third-order valence-electron chi connectivity index (χ3n) is 3.80. The van der Waals surface area contributed by atoms with Crippen LogP contribution in [-0.2, 0) is 17.9 Å². The largest absolute Gasteiger partial charge is 0.486 e. The number of carbonyl (C=O) groups is 1. The van der Waals surface area contributed by atoms with Gasteiger partial charge in [0.05, 0.1) is 12.3 Å². The Morgan fingerprint density at radius 3 is 2.70 bits per heavy atom. The number of halogens is 1. The summed E-state index contributed by atoms with van der Waals surface area (Å²) in [4.78, 5) is 10.9. The lowest BCUT2D eigenvalue weighted by molar-refractivity contribution is -0.133. The van der Waals surface area contributed by atoms with Crippen molar-refractivity contribution in [2.45, 2.75) is 25.2 Å². The van der Waals surface area contributed by atoms with E-state index in [9.17, 15) is 4.79 Å². The lowest BCUT2D eigenvalue weighted by atomic mass is 10.2. The summed E-state index contributed by atoms with van der Waals surface area (Å²) in [6.45, 7) is 2.66. The molecule has 0 aliphatic carbocycles. The molecule has 3 aromatic rings. The lowest BCUT2D eigenvalue weighted by Crippen LogP contribution is -2.10. The topological polar surface area (TPSA) is 77.2 Å². The maximum absolute atomic E-state index is 10.9. The maximum atomic E-state index is 10.9. The Morgan fingerprint density at radius 2 is 2.00 bits per heavy atom. The van der Waals surface area contributed by atoms with Crippen molar-refractivity contribution in [3.05, 3.63) is 70.5 Å². The lowest BCUT2D eigenvalue weighted by Gasteiger charge is -2.11. The molecule has 1 N–H and O–H groups in total. The molecule has 6 nitrogen and oxygen atoms in total. The van der Waals surface area contributed by atoms with E-state index in [1.165, 1.54) is 0 Å². The van der Waals surface area contributed by atoms with Crippen LogP contribution >= 0.6 is 23.4 Å². The molecular formula is C19H18ClN3O3S. The highest BCUT2D eigenvalue weighted by atomic mass is 35.5. The fourth-order valence-electron chi connectivity index (χ4n) is 2.44. The van der Waals surface area contributed by atoms with Gasteiger partial charge in [-0.05, 0) is 36.2 Å². The second-order valence-electron chi connectivity index (χ2n) is 5.85. The molecule has 1 aromatic heterocycles. The number of hydrogen-bond acceptors (Lipinski definition) is 5. The highest BCUT2D eigenvalue weighted by molar-refractivity contribution is 7.99. The van der Waals surface area contributed by atoms with Crippen molar-refractivity contribution in [3.63, 3.8) is 0 Å². The molecule has 0 saturated carbocycles. The normalized spacial score (nSPS) is 10.7. The number of ether oxygens (including phenoxy) is 1. The van der Waals surface area contributed by atoms with Gasteiger partial charge in [-0.3, -0.25) is 9.36 Å². The summed E-state index contributed by atoms with van der Waals surface area (Å²) in [5, 5.41) is 18.5. The number of thioether (sulfide) groups is 1. The van der Waals surface area contributed by atoms with E-state index in [0.717, 1.165) is 22.9 Å². The average Bonchev–Trinajstić information content (AvgIpc) is 3.03. The minimum atomic E-state index is -0.899. The fraction of sp³-hybridized carbons (Fsp3) is 0.211. The first-order valence-corrected chi connectivity index (χ1v) is 9.59. The SMILES string of the molecule is Cc1cc(OCc2nnc(SCC(=O)O)n2Cc2ccccc2)ccc1Cl. The first kappa shape index (κ1) is 19.3. The molecule has 140 valence electrons. The van der Waals surface area contributed by atoms with Crippen molar-refractivity contribution in [1.29, 1.82) is 0 Å². The average molecular weight is 404 g/mol. The van der Waals surface area contributed by atoms with E-state index in [1.54, 1.807) is 12.1 Å². The predicted octanol–water partition coefficient (Wildman–Crippen LogP) is 4.04. The summed E-state index contributed by atoms with van der Waals surface area (Å²) in [7, 11) is 0. The molecule has 3 rings (SSSR count). The zero-order valence-corrected chi connectivity index (χ0v) is 16.2. The molecule has 0 saturated heterocycles. The van der Waals surface area contributed by atoms with Crippen LogP contribution in [0.25, 0.3) is 0 Å². The van der Waals surface area contributed by atoms with Crippen molar-refractivity contribution in [3.8, 4) is 5.75 Å². The predicted molar refractivity (Wildman–Crippen MR) is 104 cm³/mol. The van der Waals surface area contributed by atoms with E-state index >= 15 is 0 Å². The molecule has 0 bridgehead atoms. The molecule has 0 atom stereocenters. The van der Waals surface area contributed by atoms with Gasteiger partial charge in [-0.1, -0.05) is 53.7 Å². The molecule has 0 amide bonds. The number of aliphatic carboxylic acids is 1. The van der Waals surface area contributed by atoms with Crippen LogP contribution in [0.2, 0.25) is 5.02 Å². The second-order valence-corrected chi connectivity index (χ2v) is 7.20. The Balaban J connectivity index is 1.80. The van der Waals surface area contributed by atoms with Gasteiger partial charge in [0.25, 0.3) is 0 Å². The summed E-state index contributed by atoms with van der Waals surface area (Å²) >= 11 is 7.18. The van der Waals surface area contributed by atoms with Crippen molar-refractivity contribution in [1.82, 2.24) is 14.8 Å². The van der Waals surface area contributed by atoms with Crippen molar-refractivity contribution < 1.29 is 14.6 Å². The van der Waals surface area contributed by atoms with E-state index in [2.05, 4.69) is 10.2 Å². The van der Waals surface area contributed by atoms with E-state index in [1.807, 2.05) is 47.9 Å². The molecule has 0 aliphatic rings. The Morgan fingerprint density at radius 1 is 1.22 bits per heavy atom. The fourth-order valence-corrected chi connectivity index (χ4v) is 3.23. The van der Waals surface area contributed by atoms with Crippen LogP contribution in [0.1, 0.15) is 17.0 Å². The molecule has 0 fully saturated rings. The Labute approximate surface area is 166 Å². The number of hydrogen-bond donors (Lipinski definition) is 1. The molecule has 27 heavy (non-hydrogen) atoms. The number of carboxylic acid groups (broad SMARTS) is 1. The van der Waals surface area contributed by atoms with Gasteiger partial charge in [-0.2, -0.15) is 0 Å². The van der Waals surface area contributed by atoms with Gasteiger partial charge in [0, 0.05) is 5.02 Å². The highest BCUT2D eigenvalue weighted by Crippen LogP contribution is 2.23. The van der Waals surface area contributed by atoms with Crippen LogP contribution in [0.3, 0.4) is 0 Å². The molecule has 0 aliphatic heterocycles. The summed E-state index contributed by atoms with van der Waals surface area (Å²) in [5.41, 5.74) is 2.00. The molecule has 8 heteroatoms. The van der Waals surface area contributed by atoms with Gasteiger partial charge in [0.15, 0.2) is 11.0 Å². The van der Waals surface area contributed by atoms with Crippen LogP contribution in [0.5, 0.6) is 5.75 Å². The maximum Gasteiger partial charge on any atom is 0.313 e. The molecule has 2 aromatic carbocycles. The first-order chi connectivity index (χ1) is 13.0. The van der Waals surface area contributed by atoms with E-state index < -0.39 is 5.97 Å². The van der Waals surface area contributed by atoms with Gasteiger partial charge in [-0.15, -0.1) is 10.2 Å². The Bertz CT molecular complexity index is 931. The monoisotopic (exact) mass is 403 g/mol. The van der Waals surface area contributed by atoms with Crippen molar-refractivity contribution in [2.75, 3.05) is 5.75 Å². The molecule has 0 unspecified atom stereocenters. The molecule has 0 spiro atoms. The number of nitrogens with zero attached hydrogens (tertiary/aromatic N) is 3. The third-order valence-corrected chi connectivity index (χ3v) is 5.17. The van der Waals surface area contributed by atoms with Gasteiger partial charge >= 0.3 is 5.97 Å². The van der Waals surface area contributed by atoms with Crippen LogP contribution in [0.15, 0.2) is 53.7 Å². The van der Waals surface area contributed by atoms with Crippen molar-refractivity contribution in [2.24, 2.45) is 0 Å². The molecule has 0 radical (unpaired) electrons. The summed E-state index contributed by atoms with van der Waals surface area (Å²) in [6.07, 6.45) is 0. The van der Waals surface area contributed by atoms with Crippen LogP contribution < -0.4 is 4.74 Å². The van der Waals surface area contributed by atoms with Gasteiger partial charge in [-0.25, -0.2) is 0 Å². The standard InChI is InChI=1S/C19H18ClN3O3S/c1-13-9-15(7-8-16(13)20)26-11-17-21-22-19(27-12-18(24)25)23(17)10-14-5-3-2-4-6-14/h2-9H,10-12H2,1H3,(H,24,25).